The lowest BCUT2D eigenvalue weighted by molar-refractivity contribution is 0.0636. The fourth-order valence-corrected chi connectivity index (χ4v) is 1.87. The lowest BCUT2D eigenvalue weighted by Crippen LogP contribution is -2.27. The van der Waals surface area contributed by atoms with Gasteiger partial charge in [0.05, 0.1) is 5.69 Å². The predicted octanol–water partition coefficient (Wildman–Crippen LogP) is 3.72. The maximum absolute atomic E-state index is 11.7. The number of amides is 1. The van der Waals surface area contributed by atoms with Gasteiger partial charge in [-0.05, 0) is 67.2 Å². The molecular weight excluding hydrogens is 310 g/mol. The minimum atomic E-state index is -0.523. The van der Waals surface area contributed by atoms with Crippen LogP contribution >= 0.6 is 15.9 Å². The number of carbonyl (C=O) groups is 1. The smallest absolute Gasteiger partial charge is 0.412 e. The van der Waals surface area contributed by atoms with Gasteiger partial charge >= 0.3 is 6.09 Å². The van der Waals surface area contributed by atoms with Crippen LogP contribution in [-0.2, 0) is 11.2 Å². The summed E-state index contributed by atoms with van der Waals surface area (Å²) in [6, 6.07) is 5.71. The molecule has 0 aromatic heterocycles. The molecule has 0 bridgehead atoms. The van der Waals surface area contributed by atoms with Gasteiger partial charge in [-0.15, -0.1) is 0 Å². The molecule has 2 N–H and O–H groups in total. The minimum Gasteiger partial charge on any atom is -0.444 e. The van der Waals surface area contributed by atoms with E-state index >= 15 is 0 Å². The second-order valence-corrected chi connectivity index (χ2v) is 6.12. The summed E-state index contributed by atoms with van der Waals surface area (Å²) in [4.78, 5) is 11.7. The van der Waals surface area contributed by atoms with Gasteiger partial charge in [0.15, 0.2) is 0 Å². The van der Waals surface area contributed by atoms with E-state index < -0.39 is 11.7 Å². The van der Waals surface area contributed by atoms with Gasteiger partial charge in [-0.2, -0.15) is 0 Å². The second-order valence-electron chi connectivity index (χ2n) is 5.27. The first-order valence-electron chi connectivity index (χ1n) is 6.21. The monoisotopic (exact) mass is 329 g/mol. The fourth-order valence-electron chi connectivity index (χ4n) is 1.52. The van der Waals surface area contributed by atoms with E-state index in [1.807, 2.05) is 39.0 Å². The molecule has 19 heavy (non-hydrogen) atoms. The molecule has 1 amide bonds. The van der Waals surface area contributed by atoms with E-state index in [0.717, 1.165) is 16.5 Å². The van der Waals surface area contributed by atoms with Crippen LogP contribution in [0.3, 0.4) is 0 Å². The summed E-state index contributed by atoms with van der Waals surface area (Å²) < 4.78 is 6.00. The molecule has 0 aliphatic heterocycles. The Bertz CT molecular complexity index is 441. The van der Waals surface area contributed by atoms with Crippen molar-refractivity contribution < 1.29 is 14.6 Å². The van der Waals surface area contributed by atoms with Crippen molar-refractivity contribution in [2.45, 2.75) is 39.2 Å². The lowest BCUT2D eigenvalue weighted by Gasteiger charge is -2.20. The number of benzene rings is 1. The maximum Gasteiger partial charge on any atom is 0.412 e. The Balaban J connectivity index is 2.73. The summed E-state index contributed by atoms with van der Waals surface area (Å²) in [6.45, 7) is 5.61. The van der Waals surface area contributed by atoms with Gasteiger partial charge in [-0.3, -0.25) is 5.32 Å². The normalized spacial score (nSPS) is 11.2. The van der Waals surface area contributed by atoms with Crippen LogP contribution < -0.4 is 5.32 Å². The Labute approximate surface area is 122 Å². The summed E-state index contributed by atoms with van der Waals surface area (Å²) in [5.74, 6) is 0. The molecule has 106 valence electrons. The van der Waals surface area contributed by atoms with E-state index in [1.54, 1.807) is 0 Å². The number of carbonyl (C=O) groups excluding carboxylic acids is 1. The molecule has 1 aromatic carbocycles. The number of aliphatic hydroxyl groups is 1. The molecule has 0 aliphatic carbocycles. The minimum absolute atomic E-state index is 0.158. The van der Waals surface area contributed by atoms with Crippen LogP contribution in [0.15, 0.2) is 22.7 Å². The van der Waals surface area contributed by atoms with Crippen molar-refractivity contribution in [3.8, 4) is 0 Å². The van der Waals surface area contributed by atoms with E-state index in [1.165, 1.54) is 0 Å². The third-order valence-corrected chi connectivity index (χ3v) is 2.98. The number of hydrogen-bond acceptors (Lipinski definition) is 3. The molecule has 0 spiro atoms. The van der Waals surface area contributed by atoms with Crippen LogP contribution in [0.2, 0.25) is 0 Å². The molecule has 4 nitrogen and oxygen atoms in total. The lowest BCUT2D eigenvalue weighted by atomic mass is 10.1. The Morgan fingerprint density at radius 2 is 2.11 bits per heavy atom. The second kappa shape index (κ2) is 6.91. The molecule has 1 aromatic rings. The number of halogens is 1. The number of rotatable bonds is 4. The Morgan fingerprint density at radius 1 is 1.42 bits per heavy atom. The van der Waals surface area contributed by atoms with Gasteiger partial charge in [-0.25, -0.2) is 4.79 Å². The number of anilines is 1. The predicted molar refractivity (Wildman–Crippen MR) is 79.4 cm³/mol. The number of hydrogen-bond donors (Lipinski definition) is 2. The molecule has 0 atom stereocenters. The Kier molecular flexibility index (Phi) is 5.82. The molecule has 1 rings (SSSR count). The highest BCUT2D eigenvalue weighted by molar-refractivity contribution is 9.10. The quantitative estimate of drug-likeness (QED) is 0.884. The highest BCUT2D eigenvalue weighted by atomic mass is 79.9. The van der Waals surface area contributed by atoms with Crippen LogP contribution in [0.4, 0.5) is 10.5 Å². The zero-order chi connectivity index (χ0) is 14.5. The standard InChI is InChI=1S/C14H20BrNO3/c1-14(2,3)19-13(18)16-12-9-10(5-4-8-17)6-7-11(12)15/h6-7,9,17H,4-5,8H2,1-3H3,(H,16,18). The van der Waals surface area contributed by atoms with Crippen molar-refractivity contribution in [2.75, 3.05) is 11.9 Å². The van der Waals surface area contributed by atoms with Crippen LogP contribution in [0.25, 0.3) is 0 Å². The number of aryl methyl sites for hydroxylation is 1. The van der Waals surface area contributed by atoms with E-state index in [0.29, 0.717) is 12.1 Å². The number of ether oxygens (including phenoxy) is 1. The van der Waals surface area contributed by atoms with E-state index in [2.05, 4.69) is 21.2 Å². The van der Waals surface area contributed by atoms with Crippen LogP contribution in [0.1, 0.15) is 32.8 Å². The van der Waals surface area contributed by atoms with Crippen LogP contribution in [0.5, 0.6) is 0 Å². The molecule has 0 unspecified atom stereocenters. The van der Waals surface area contributed by atoms with Crippen molar-refractivity contribution in [2.24, 2.45) is 0 Å². The molecule has 0 fully saturated rings. The van der Waals surface area contributed by atoms with E-state index in [9.17, 15) is 4.79 Å². The first kappa shape index (κ1) is 16.0. The van der Waals surface area contributed by atoms with Gasteiger partial charge in [0.1, 0.15) is 5.60 Å². The first-order valence-corrected chi connectivity index (χ1v) is 7.00. The number of nitrogens with one attached hydrogen (secondary N) is 1. The van der Waals surface area contributed by atoms with Gasteiger partial charge in [-0.1, -0.05) is 6.07 Å². The molecule has 0 saturated heterocycles. The largest absolute Gasteiger partial charge is 0.444 e. The first-order chi connectivity index (χ1) is 8.81. The van der Waals surface area contributed by atoms with Crippen LogP contribution in [-0.4, -0.2) is 23.4 Å². The third-order valence-electron chi connectivity index (χ3n) is 2.29. The summed E-state index contributed by atoms with van der Waals surface area (Å²) in [5, 5.41) is 11.5. The average Bonchev–Trinajstić information content (AvgIpc) is 2.27. The fraction of sp³-hybridized carbons (Fsp3) is 0.500. The van der Waals surface area contributed by atoms with Gasteiger partial charge < -0.3 is 9.84 Å². The zero-order valence-electron chi connectivity index (χ0n) is 11.5. The molecule has 5 heteroatoms. The Hall–Kier alpha value is -1.07. The maximum atomic E-state index is 11.7. The van der Waals surface area contributed by atoms with E-state index in [-0.39, 0.29) is 6.61 Å². The summed E-state index contributed by atoms with van der Waals surface area (Å²) in [6.07, 6.45) is 0.993. The molecule has 0 radical (unpaired) electrons. The van der Waals surface area contributed by atoms with Crippen LogP contribution in [0, 0.1) is 0 Å². The summed E-state index contributed by atoms with van der Waals surface area (Å²) in [7, 11) is 0. The zero-order valence-corrected chi connectivity index (χ0v) is 13.1. The van der Waals surface area contributed by atoms with Crippen molar-refractivity contribution in [1.29, 1.82) is 0 Å². The van der Waals surface area contributed by atoms with Gasteiger partial charge in [0.2, 0.25) is 0 Å². The molecule has 0 heterocycles. The summed E-state index contributed by atoms with van der Waals surface area (Å²) in [5.41, 5.74) is 1.21. The third kappa shape index (κ3) is 6.07. The van der Waals surface area contributed by atoms with Gasteiger partial charge in [0, 0.05) is 11.1 Å². The van der Waals surface area contributed by atoms with Crippen molar-refractivity contribution in [1.82, 2.24) is 0 Å². The van der Waals surface area contributed by atoms with Crippen molar-refractivity contribution in [3.05, 3.63) is 28.2 Å². The topological polar surface area (TPSA) is 58.6 Å². The van der Waals surface area contributed by atoms with Crippen molar-refractivity contribution in [3.63, 3.8) is 0 Å². The Morgan fingerprint density at radius 3 is 2.68 bits per heavy atom. The average molecular weight is 330 g/mol. The highest BCUT2D eigenvalue weighted by Crippen LogP contribution is 2.25. The molecule has 0 saturated carbocycles. The summed E-state index contributed by atoms with van der Waals surface area (Å²) >= 11 is 3.39. The number of aliphatic hydroxyl groups excluding tert-OH is 1. The van der Waals surface area contributed by atoms with Crippen molar-refractivity contribution >= 4 is 27.7 Å². The highest BCUT2D eigenvalue weighted by Gasteiger charge is 2.17. The molecular formula is C14H20BrNO3. The molecule has 0 aliphatic rings. The van der Waals surface area contributed by atoms with Gasteiger partial charge in [0.25, 0.3) is 0 Å². The SMILES string of the molecule is CC(C)(C)OC(=O)Nc1cc(CCCO)ccc1Br. The van der Waals surface area contributed by atoms with E-state index in [4.69, 9.17) is 9.84 Å².